The van der Waals surface area contributed by atoms with Gasteiger partial charge in [-0.3, -0.25) is 0 Å². The molecule has 0 aromatic carbocycles. The highest BCUT2D eigenvalue weighted by molar-refractivity contribution is 5.37. The molecule has 2 rings (SSSR count). The van der Waals surface area contributed by atoms with Gasteiger partial charge in [-0.2, -0.15) is 5.10 Å². The molecule has 14 heavy (non-hydrogen) atoms. The minimum Gasteiger partial charge on any atom is -0.361 e. The summed E-state index contributed by atoms with van der Waals surface area (Å²) in [6.07, 6.45) is 3.54. The molecule has 0 unspecified atom stereocenters. The van der Waals surface area contributed by atoms with E-state index in [4.69, 9.17) is 0 Å². The van der Waals surface area contributed by atoms with Crippen LogP contribution in [0.15, 0.2) is 30.6 Å². The highest BCUT2D eigenvalue weighted by atomic mass is 15.3. The molecule has 72 valence electrons. The highest BCUT2D eigenvalue weighted by Gasteiger charge is 2.00. The van der Waals surface area contributed by atoms with Crippen LogP contribution in [0.4, 0.5) is 5.82 Å². The molecule has 5 nitrogen and oxygen atoms in total. The predicted octanol–water partition coefficient (Wildman–Crippen LogP) is 0.728. The molecule has 0 saturated heterocycles. The molecular formula is C9H11N5. The molecule has 0 amide bonds. The van der Waals surface area contributed by atoms with Gasteiger partial charge >= 0.3 is 0 Å². The lowest BCUT2D eigenvalue weighted by Gasteiger charge is -2.09. The average molecular weight is 189 g/mol. The molecular weight excluding hydrogens is 178 g/mol. The largest absolute Gasteiger partial charge is 0.361 e. The summed E-state index contributed by atoms with van der Waals surface area (Å²) >= 11 is 0. The monoisotopic (exact) mass is 189 g/mol. The van der Waals surface area contributed by atoms with E-state index in [9.17, 15) is 0 Å². The summed E-state index contributed by atoms with van der Waals surface area (Å²) in [5, 5.41) is 12.2. The molecule has 0 aliphatic rings. The molecule has 0 aliphatic heterocycles. The van der Waals surface area contributed by atoms with Crippen LogP contribution in [0.2, 0.25) is 0 Å². The van der Waals surface area contributed by atoms with Crippen molar-refractivity contribution in [3.05, 3.63) is 30.6 Å². The van der Waals surface area contributed by atoms with E-state index in [2.05, 4.69) is 15.3 Å². The number of rotatable bonds is 2. The zero-order valence-corrected chi connectivity index (χ0v) is 8.12. The second-order valence-electron chi connectivity index (χ2n) is 3.09. The van der Waals surface area contributed by atoms with Crippen LogP contribution < -0.4 is 4.90 Å². The van der Waals surface area contributed by atoms with Gasteiger partial charge in [0.25, 0.3) is 0 Å². The summed E-state index contributed by atoms with van der Waals surface area (Å²) in [6, 6.07) is 5.64. The second kappa shape index (κ2) is 3.45. The maximum atomic E-state index is 4.06. The van der Waals surface area contributed by atoms with Crippen molar-refractivity contribution in [2.75, 3.05) is 19.0 Å². The van der Waals surface area contributed by atoms with Crippen molar-refractivity contribution in [1.29, 1.82) is 0 Å². The van der Waals surface area contributed by atoms with E-state index in [1.54, 1.807) is 10.9 Å². The molecule has 2 aromatic rings. The van der Waals surface area contributed by atoms with Crippen molar-refractivity contribution in [2.45, 2.75) is 0 Å². The van der Waals surface area contributed by atoms with Crippen molar-refractivity contribution in [3.63, 3.8) is 0 Å². The van der Waals surface area contributed by atoms with Crippen LogP contribution in [0.3, 0.4) is 0 Å². The number of hydrogen-bond acceptors (Lipinski definition) is 4. The first-order valence-electron chi connectivity index (χ1n) is 4.28. The van der Waals surface area contributed by atoms with E-state index in [0.29, 0.717) is 0 Å². The van der Waals surface area contributed by atoms with Gasteiger partial charge in [0.1, 0.15) is 0 Å². The number of anilines is 1. The molecule has 0 atom stereocenters. The standard InChI is InChI=1S/C9H11N5/c1-13(2)8-4-5-9(12-11-8)14-7-3-6-10-14/h3-7H,1-2H3. The molecule has 0 radical (unpaired) electrons. The summed E-state index contributed by atoms with van der Waals surface area (Å²) in [4.78, 5) is 1.90. The van der Waals surface area contributed by atoms with E-state index in [1.165, 1.54) is 0 Å². The summed E-state index contributed by atoms with van der Waals surface area (Å²) in [5.41, 5.74) is 0. The van der Waals surface area contributed by atoms with E-state index >= 15 is 0 Å². The van der Waals surface area contributed by atoms with Crippen molar-refractivity contribution in [3.8, 4) is 5.82 Å². The Morgan fingerprint density at radius 2 is 2.07 bits per heavy atom. The summed E-state index contributed by atoms with van der Waals surface area (Å²) < 4.78 is 1.67. The number of nitrogens with zero attached hydrogens (tertiary/aromatic N) is 5. The van der Waals surface area contributed by atoms with Crippen molar-refractivity contribution in [2.24, 2.45) is 0 Å². The third kappa shape index (κ3) is 1.56. The third-order valence-electron chi connectivity index (χ3n) is 1.83. The van der Waals surface area contributed by atoms with Gasteiger partial charge in [-0.05, 0) is 18.2 Å². The van der Waals surface area contributed by atoms with Gasteiger partial charge in [-0.15, -0.1) is 10.2 Å². The second-order valence-corrected chi connectivity index (χ2v) is 3.09. The SMILES string of the molecule is CN(C)c1ccc(-n2cccn2)nn1. The van der Waals surface area contributed by atoms with Gasteiger partial charge in [0, 0.05) is 26.5 Å². The van der Waals surface area contributed by atoms with Crippen molar-refractivity contribution < 1.29 is 0 Å². The lowest BCUT2D eigenvalue weighted by Crippen LogP contribution is -2.12. The van der Waals surface area contributed by atoms with Gasteiger partial charge < -0.3 is 4.90 Å². The molecule has 5 heteroatoms. The van der Waals surface area contributed by atoms with Gasteiger partial charge in [0.05, 0.1) is 0 Å². The average Bonchev–Trinajstić information content (AvgIpc) is 2.71. The lowest BCUT2D eigenvalue weighted by molar-refractivity contribution is 0.809. The first-order valence-corrected chi connectivity index (χ1v) is 4.28. The fourth-order valence-electron chi connectivity index (χ4n) is 1.08. The maximum absolute atomic E-state index is 4.06. The Kier molecular flexibility index (Phi) is 2.14. The Hall–Kier alpha value is -1.91. The van der Waals surface area contributed by atoms with Crippen molar-refractivity contribution >= 4 is 5.82 Å². The Morgan fingerprint density at radius 3 is 2.57 bits per heavy atom. The van der Waals surface area contributed by atoms with Crippen LogP contribution in [-0.4, -0.2) is 34.1 Å². The molecule has 0 spiro atoms. The highest BCUT2D eigenvalue weighted by Crippen LogP contribution is 2.07. The van der Waals surface area contributed by atoms with Gasteiger partial charge in [-0.1, -0.05) is 0 Å². The Labute approximate surface area is 82.0 Å². The van der Waals surface area contributed by atoms with Crippen molar-refractivity contribution in [1.82, 2.24) is 20.0 Å². The first kappa shape index (κ1) is 8.68. The van der Waals surface area contributed by atoms with Crippen LogP contribution in [0, 0.1) is 0 Å². The Bertz CT molecular complexity index is 390. The van der Waals surface area contributed by atoms with Crippen LogP contribution in [0.25, 0.3) is 5.82 Å². The fraction of sp³-hybridized carbons (Fsp3) is 0.222. The normalized spacial score (nSPS) is 10.1. The maximum Gasteiger partial charge on any atom is 0.175 e. The minimum atomic E-state index is 0.723. The van der Waals surface area contributed by atoms with Crippen LogP contribution in [0.5, 0.6) is 0 Å². The van der Waals surface area contributed by atoms with Gasteiger partial charge in [-0.25, -0.2) is 4.68 Å². The third-order valence-corrected chi connectivity index (χ3v) is 1.83. The lowest BCUT2D eigenvalue weighted by atomic mass is 10.5. The smallest absolute Gasteiger partial charge is 0.175 e. The van der Waals surface area contributed by atoms with E-state index in [1.807, 2.05) is 43.4 Å². The minimum absolute atomic E-state index is 0.723. The first-order chi connectivity index (χ1) is 6.77. The molecule has 0 saturated carbocycles. The Balaban J connectivity index is 2.31. The predicted molar refractivity (Wildman–Crippen MR) is 53.5 cm³/mol. The quantitative estimate of drug-likeness (QED) is 0.698. The van der Waals surface area contributed by atoms with Gasteiger partial charge in [0.2, 0.25) is 0 Å². The molecule has 0 fully saturated rings. The van der Waals surface area contributed by atoms with Crippen LogP contribution in [-0.2, 0) is 0 Å². The van der Waals surface area contributed by atoms with Crippen LogP contribution >= 0.6 is 0 Å². The molecule has 2 heterocycles. The fourth-order valence-corrected chi connectivity index (χ4v) is 1.08. The Morgan fingerprint density at radius 1 is 1.21 bits per heavy atom. The van der Waals surface area contributed by atoms with E-state index < -0.39 is 0 Å². The van der Waals surface area contributed by atoms with Crippen LogP contribution in [0.1, 0.15) is 0 Å². The number of aromatic nitrogens is 4. The van der Waals surface area contributed by atoms with E-state index in [-0.39, 0.29) is 0 Å². The molecule has 0 aliphatic carbocycles. The molecule has 2 aromatic heterocycles. The van der Waals surface area contributed by atoms with E-state index in [0.717, 1.165) is 11.6 Å². The topological polar surface area (TPSA) is 46.8 Å². The summed E-state index contributed by atoms with van der Waals surface area (Å²) in [5.74, 6) is 1.56. The zero-order chi connectivity index (χ0) is 9.97. The summed E-state index contributed by atoms with van der Waals surface area (Å²) in [6.45, 7) is 0. The molecule has 0 N–H and O–H groups in total. The van der Waals surface area contributed by atoms with Gasteiger partial charge in [0.15, 0.2) is 11.6 Å². The molecule has 0 bridgehead atoms. The summed E-state index contributed by atoms with van der Waals surface area (Å²) in [7, 11) is 3.86. The number of hydrogen-bond donors (Lipinski definition) is 0. The zero-order valence-electron chi connectivity index (χ0n) is 8.12.